The third kappa shape index (κ3) is 3.02. The highest BCUT2D eigenvalue weighted by Crippen LogP contribution is 2.17. The summed E-state index contributed by atoms with van der Waals surface area (Å²) < 4.78 is 4.92. The molecule has 1 rings (SSSR count). The highest BCUT2D eigenvalue weighted by molar-refractivity contribution is 5.87. The maximum absolute atomic E-state index is 11.5. The number of hydrogen-bond donors (Lipinski definition) is 0. The van der Waals surface area contributed by atoms with Gasteiger partial charge >= 0.3 is 5.97 Å². The molecule has 1 heterocycles. The summed E-state index contributed by atoms with van der Waals surface area (Å²) in [7, 11) is 0. The van der Waals surface area contributed by atoms with E-state index < -0.39 is 0 Å². The zero-order valence-electron chi connectivity index (χ0n) is 10.3. The fourth-order valence-corrected chi connectivity index (χ4v) is 1.36. The van der Waals surface area contributed by atoms with Gasteiger partial charge in [0.15, 0.2) is 5.69 Å². The Bertz CT molecular complexity index is 377. The number of esters is 1. The number of carbonyl (C=O) groups is 1. The second-order valence-corrected chi connectivity index (χ2v) is 3.76. The molecule has 0 aliphatic heterocycles. The van der Waals surface area contributed by atoms with E-state index in [2.05, 4.69) is 23.8 Å². The summed E-state index contributed by atoms with van der Waals surface area (Å²) in [5, 5.41) is 0. The maximum Gasteiger partial charge on any atom is 0.357 e. The molecule has 0 fully saturated rings. The molecule has 4 nitrogen and oxygen atoms in total. The third-order valence-electron chi connectivity index (χ3n) is 2.46. The quantitative estimate of drug-likeness (QED) is 0.734. The van der Waals surface area contributed by atoms with Gasteiger partial charge in [0.1, 0.15) is 5.82 Å². The molecule has 0 amide bonds. The highest BCUT2D eigenvalue weighted by atomic mass is 16.5. The Balaban J connectivity index is 3.02. The van der Waals surface area contributed by atoms with E-state index in [9.17, 15) is 4.79 Å². The van der Waals surface area contributed by atoms with Crippen molar-refractivity contribution in [3.63, 3.8) is 0 Å². The van der Waals surface area contributed by atoms with E-state index in [0.717, 1.165) is 12.1 Å². The van der Waals surface area contributed by atoms with Gasteiger partial charge in [-0.15, -0.1) is 0 Å². The minimum Gasteiger partial charge on any atom is -0.461 e. The van der Waals surface area contributed by atoms with Gasteiger partial charge < -0.3 is 4.74 Å². The minimum atomic E-state index is -0.377. The van der Waals surface area contributed by atoms with Crippen LogP contribution in [0, 0.1) is 6.92 Å². The molecule has 0 saturated heterocycles. The van der Waals surface area contributed by atoms with Gasteiger partial charge in [0, 0.05) is 5.69 Å². The van der Waals surface area contributed by atoms with Crippen LogP contribution in [-0.4, -0.2) is 22.5 Å². The number of hydrogen-bond acceptors (Lipinski definition) is 4. The molecule has 1 aromatic rings. The van der Waals surface area contributed by atoms with E-state index in [1.165, 1.54) is 0 Å². The standard InChI is InChI=1S/C12H18N2O2/c1-5-8(3)10-7-11(12(15)16-6-2)14-9(4)13-10/h7-8H,5-6H2,1-4H3/t8-/m1/s1. The van der Waals surface area contributed by atoms with Crippen LogP contribution >= 0.6 is 0 Å². The summed E-state index contributed by atoms with van der Waals surface area (Å²) in [5.41, 5.74) is 1.25. The van der Waals surface area contributed by atoms with Gasteiger partial charge in [-0.1, -0.05) is 13.8 Å². The van der Waals surface area contributed by atoms with Crippen LogP contribution in [0.2, 0.25) is 0 Å². The van der Waals surface area contributed by atoms with Crippen molar-refractivity contribution in [1.82, 2.24) is 9.97 Å². The lowest BCUT2D eigenvalue weighted by molar-refractivity contribution is 0.0518. The molecule has 0 unspecified atom stereocenters. The number of nitrogens with zero attached hydrogens (tertiary/aromatic N) is 2. The second-order valence-electron chi connectivity index (χ2n) is 3.76. The molecule has 1 aromatic heterocycles. The van der Waals surface area contributed by atoms with Crippen LogP contribution in [0.3, 0.4) is 0 Å². The van der Waals surface area contributed by atoms with Crippen LogP contribution in [0.4, 0.5) is 0 Å². The first-order chi connectivity index (χ1) is 7.58. The second kappa shape index (κ2) is 5.58. The van der Waals surface area contributed by atoms with Crippen molar-refractivity contribution >= 4 is 5.97 Å². The lowest BCUT2D eigenvalue weighted by atomic mass is 10.0. The number of aryl methyl sites for hydroxylation is 1. The number of rotatable bonds is 4. The van der Waals surface area contributed by atoms with Gasteiger partial charge in [0.05, 0.1) is 6.61 Å². The monoisotopic (exact) mass is 222 g/mol. The van der Waals surface area contributed by atoms with E-state index in [0.29, 0.717) is 24.0 Å². The molecule has 16 heavy (non-hydrogen) atoms. The van der Waals surface area contributed by atoms with E-state index in [4.69, 9.17) is 4.74 Å². The van der Waals surface area contributed by atoms with E-state index in [1.54, 1.807) is 19.9 Å². The first-order valence-corrected chi connectivity index (χ1v) is 5.61. The Morgan fingerprint density at radius 1 is 1.44 bits per heavy atom. The smallest absolute Gasteiger partial charge is 0.357 e. The lowest BCUT2D eigenvalue weighted by Crippen LogP contribution is -2.11. The van der Waals surface area contributed by atoms with Crippen LogP contribution in [0.25, 0.3) is 0 Å². The SMILES string of the molecule is CCOC(=O)c1cc([C@H](C)CC)nc(C)n1. The Kier molecular flexibility index (Phi) is 4.40. The van der Waals surface area contributed by atoms with Crippen molar-refractivity contribution in [1.29, 1.82) is 0 Å². The Morgan fingerprint density at radius 2 is 2.12 bits per heavy atom. The molecular formula is C12H18N2O2. The van der Waals surface area contributed by atoms with Crippen molar-refractivity contribution in [3.05, 3.63) is 23.3 Å². The number of carbonyl (C=O) groups excluding carboxylic acids is 1. The van der Waals surface area contributed by atoms with Gasteiger partial charge in [-0.25, -0.2) is 14.8 Å². The molecule has 0 aromatic carbocycles. The summed E-state index contributed by atoms with van der Waals surface area (Å²) in [4.78, 5) is 20.0. The van der Waals surface area contributed by atoms with Crippen molar-refractivity contribution in [2.24, 2.45) is 0 Å². The van der Waals surface area contributed by atoms with Gasteiger partial charge in [-0.3, -0.25) is 0 Å². The van der Waals surface area contributed by atoms with Crippen LogP contribution in [0.15, 0.2) is 6.07 Å². The zero-order chi connectivity index (χ0) is 12.1. The molecule has 0 N–H and O–H groups in total. The molecule has 0 spiro atoms. The van der Waals surface area contributed by atoms with Crippen LogP contribution in [-0.2, 0) is 4.74 Å². The summed E-state index contributed by atoms with van der Waals surface area (Å²) in [6, 6.07) is 1.72. The van der Waals surface area contributed by atoms with E-state index in [-0.39, 0.29) is 5.97 Å². The summed E-state index contributed by atoms with van der Waals surface area (Å²) in [6.45, 7) is 8.10. The largest absolute Gasteiger partial charge is 0.461 e. The Hall–Kier alpha value is -1.45. The topological polar surface area (TPSA) is 52.1 Å². The Morgan fingerprint density at radius 3 is 2.69 bits per heavy atom. The fraction of sp³-hybridized carbons (Fsp3) is 0.583. The van der Waals surface area contributed by atoms with Gasteiger partial charge in [-0.2, -0.15) is 0 Å². The average molecular weight is 222 g/mol. The Labute approximate surface area is 96.1 Å². The molecule has 0 radical (unpaired) electrons. The summed E-state index contributed by atoms with van der Waals surface area (Å²) in [5.74, 6) is 0.563. The summed E-state index contributed by atoms with van der Waals surface area (Å²) >= 11 is 0. The van der Waals surface area contributed by atoms with E-state index in [1.807, 2.05) is 0 Å². The zero-order valence-corrected chi connectivity index (χ0v) is 10.3. The van der Waals surface area contributed by atoms with E-state index >= 15 is 0 Å². The molecular weight excluding hydrogens is 204 g/mol. The van der Waals surface area contributed by atoms with Crippen LogP contribution in [0.1, 0.15) is 55.1 Å². The fourth-order valence-electron chi connectivity index (χ4n) is 1.36. The minimum absolute atomic E-state index is 0.329. The molecule has 0 aliphatic rings. The number of ether oxygens (including phenoxy) is 1. The van der Waals surface area contributed by atoms with Gasteiger partial charge in [0.25, 0.3) is 0 Å². The van der Waals surface area contributed by atoms with Crippen LogP contribution < -0.4 is 0 Å². The number of aromatic nitrogens is 2. The molecule has 88 valence electrons. The third-order valence-corrected chi connectivity index (χ3v) is 2.46. The predicted octanol–water partition coefficient (Wildman–Crippen LogP) is 2.48. The first-order valence-electron chi connectivity index (χ1n) is 5.61. The normalized spacial score (nSPS) is 12.2. The lowest BCUT2D eigenvalue weighted by Gasteiger charge is -2.10. The van der Waals surface area contributed by atoms with Crippen molar-refractivity contribution in [2.75, 3.05) is 6.61 Å². The van der Waals surface area contributed by atoms with Gasteiger partial charge in [-0.05, 0) is 32.3 Å². The molecule has 0 aliphatic carbocycles. The highest BCUT2D eigenvalue weighted by Gasteiger charge is 2.13. The van der Waals surface area contributed by atoms with Gasteiger partial charge in [0.2, 0.25) is 0 Å². The maximum atomic E-state index is 11.5. The predicted molar refractivity (Wildman–Crippen MR) is 61.4 cm³/mol. The van der Waals surface area contributed by atoms with Crippen molar-refractivity contribution < 1.29 is 9.53 Å². The average Bonchev–Trinajstić information content (AvgIpc) is 2.27. The van der Waals surface area contributed by atoms with Crippen LogP contribution in [0.5, 0.6) is 0 Å². The van der Waals surface area contributed by atoms with Crippen molar-refractivity contribution in [2.45, 2.75) is 40.0 Å². The molecule has 4 heteroatoms. The molecule has 1 atom stereocenters. The first kappa shape index (κ1) is 12.6. The molecule has 0 saturated carbocycles. The summed E-state index contributed by atoms with van der Waals surface area (Å²) in [6.07, 6.45) is 0.985. The molecule has 0 bridgehead atoms. The van der Waals surface area contributed by atoms with Crippen molar-refractivity contribution in [3.8, 4) is 0 Å².